The number of benzene rings is 3. The normalized spacial score (nSPS) is 13.7. The molecule has 1 atom stereocenters. The van der Waals surface area contributed by atoms with Gasteiger partial charge < -0.3 is 10.6 Å². The van der Waals surface area contributed by atoms with Crippen LogP contribution >= 0.6 is 0 Å². The molecule has 1 unspecified atom stereocenters. The third-order valence-corrected chi connectivity index (χ3v) is 6.59. The van der Waals surface area contributed by atoms with E-state index in [4.69, 9.17) is 0 Å². The Bertz CT molecular complexity index is 1640. The largest absolute Gasteiger partial charge is 0.435 e. The minimum atomic E-state index is -4.77. The molecule has 1 fully saturated rings. The van der Waals surface area contributed by atoms with Gasteiger partial charge in [-0.15, -0.1) is 0 Å². The van der Waals surface area contributed by atoms with Crippen LogP contribution in [0.1, 0.15) is 57.3 Å². The molecule has 5 rings (SSSR count). The summed E-state index contributed by atoms with van der Waals surface area (Å²) in [4.78, 5) is 13.3. The van der Waals surface area contributed by atoms with Gasteiger partial charge in [0, 0.05) is 11.8 Å². The summed E-state index contributed by atoms with van der Waals surface area (Å²) in [6.45, 7) is 0.791. The standard InChI is InChI=1S/C30H23F3N6O/c31-30(32,33)27-15-26(39(38-27)25-9-2-5-21(13-25)17-35)29(40)37-24-8-3-7-23(14-24)28(36-18-19-10-11-19)22-6-1-4-20(12-22)16-34/h1-9,12-15,19,28,36H,10-11,18H2,(H,37,40). The molecule has 7 nitrogen and oxygen atoms in total. The topological polar surface area (TPSA) is 107 Å². The molecule has 2 N–H and O–H groups in total. The van der Waals surface area contributed by atoms with E-state index in [1.165, 1.54) is 24.3 Å². The van der Waals surface area contributed by atoms with Crippen molar-refractivity contribution < 1.29 is 18.0 Å². The fourth-order valence-electron chi connectivity index (χ4n) is 4.40. The molecule has 4 aromatic rings. The summed E-state index contributed by atoms with van der Waals surface area (Å²) in [5, 5.41) is 28.5. The van der Waals surface area contributed by atoms with Gasteiger partial charge in [-0.05, 0) is 78.9 Å². The Balaban J connectivity index is 1.46. The van der Waals surface area contributed by atoms with E-state index in [-0.39, 0.29) is 23.0 Å². The molecule has 1 aliphatic rings. The Morgan fingerprint density at radius 1 is 0.950 bits per heavy atom. The molecule has 1 saturated carbocycles. The summed E-state index contributed by atoms with van der Waals surface area (Å²) in [6.07, 6.45) is -2.47. The van der Waals surface area contributed by atoms with Gasteiger partial charge >= 0.3 is 6.18 Å². The van der Waals surface area contributed by atoms with Crippen LogP contribution in [-0.2, 0) is 6.18 Å². The third kappa shape index (κ3) is 6.04. The Hall–Kier alpha value is -4.93. The van der Waals surface area contributed by atoms with Crippen molar-refractivity contribution >= 4 is 11.6 Å². The second-order valence-electron chi connectivity index (χ2n) is 9.59. The number of hydrogen-bond acceptors (Lipinski definition) is 5. The molecule has 1 heterocycles. The number of nitriles is 2. The van der Waals surface area contributed by atoms with Crippen LogP contribution in [0.5, 0.6) is 0 Å². The number of carbonyl (C=O) groups is 1. The number of rotatable bonds is 8. The first-order valence-electron chi connectivity index (χ1n) is 12.6. The summed E-state index contributed by atoms with van der Waals surface area (Å²) >= 11 is 0. The average molecular weight is 541 g/mol. The zero-order valence-electron chi connectivity index (χ0n) is 21.1. The predicted molar refractivity (Wildman–Crippen MR) is 141 cm³/mol. The van der Waals surface area contributed by atoms with Gasteiger partial charge in [-0.1, -0.05) is 30.3 Å². The minimum absolute atomic E-state index is 0.148. The number of nitrogens with zero attached hydrogens (tertiary/aromatic N) is 4. The summed E-state index contributed by atoms with van der Waals surface area (Å²) in [6, 6.07) is 24.6. The Morgan fingerprint density at radius 2 is 1.60 bits per heavy atom. The van der Waals surface area contributed by atoms with Crippen molar-refractivity contribution in [1.82, 2.24) is 15.1 Å². The van der Waals surface area contributed by atoms with E-state index in [2.05, 4.69) is 21.8 Å². The number of amides is 1. The van der Waals surface area contributed by atoms with Crippen molar-refractivity contribution in [3.8, 4) is 17.8 Å². The monoisotopic (exact) mass is 540 g/mol. The SMILES string of the molecule is N#Cc1cccc(C(NCC2CC2)c2cccc(NC(=O)c3cc(C(F)(F)F)nn3-c3cccc(C#N)c3)c2)c1. The van der Waals surface area contributed by atoms with E-state index in [1.54, 1.807) is 24.3 Å². The number of aromatic nitrogens is 2. The van der Waals surface area contributed by atoms with Crippen molar-refractivity contribution in [2.45, 2.75) is 25.1 Å². The van der Waals surface area contributed by atoms with E-state index >= 15 is 0 Å². The van der Waals surface area contributed by atoms with Crippen molar-refractivity contribution in [3.63, 3.8) is 0 Å². The zero-order chi connectivity index (χ0) is 28.3. The van der Waals surface area contributed by atoms with Gasteiger partial charge in [0.25, 0.3) is 5.91 Å². The molecule has 1 aliphatic carbocycles. The number of nitrogens with one attached hydrogen (secondary N) is 2. The van der Waals surface area contributed by atoms with Crippen molar-refractivity contribution in [1.29, 1.82) is 10.5 Å². The second-order valence-corrected chi connectivity index (χ2v) is 9.59. The molecular weight excluding hydrogens is 517 g/mol. The summed E-state index contributed by atoms with van der Waals surface area (Å²) in [5.74, 6) is -0.205. The first-order valence-corrected chi connectivity index (χ1v) is 12.6. The highest BCUT2D eigenvalue weighted by Crippen LogP contribution is 2.32. The highest BCUT2D eigenvalue weighted by molar-refractivity contribution is 6.03. The van der Waals surface area contributed by atoms with Crippen molar-refractivity contribution in [2.75, 3.05) is 11.9 Å². The van der Waals surface area contributed by atoms with Crippen LogP contribution in [-0.4, -0.2) is 22.2 Å². The number of carbonyl (C=O) groups excluding carboxylic acids is 1. The lowest BCUT2D eigenvalue weighted by Gasteiger charge is -2.21. The van der Waals surface area contributed by atoms with Crippen LogP contribution in [0.4, 0.5) is 18.9 Å². The van der Waals surface area contributed by atoms with Gasteiger partial charge in [-0.2, -0.15) is 28.8 Å². The van der Waals surface area contributed by atoms with E-state index in [0.29, 0.717) is 23.2 Å². The van der Waals surface area contributed by atoms with Gasteiger partial charge in [0.2, 0.25) is 0 Å². The first kappa shape index (κ1) is 26.7. The first-order chi connectivity index (χ1) is 19.2. The van der Waals surface area contributed by atoms with E-state index < -0.39 is 17.8 Å². The van der Waals surface area contributed by atoms with E-state index in [1.807, 2.05) is 30.3 Å². The Kier molecular flexibility index (Phi) is 7.37. The van der Waals surface area contributed by atoms with E-state index in [9.17, 15) is 28.5 Å². The third-order valence-electron chi connectivity index (χ3n) is 6.59. The molecule has 0 bridgehead atoms. The number of halogens is 3. The lowest BCUT2D eigenvalue weighted by molar-refractivity contribution is -0.141. The number of alkyl halides is 3. The van der Waals surface area contributed by atoms with E-state index in [0.717, 1.165) is 35.2 Å². The van der Waals surface area contributed by atoms with Crippen LogP contribution in [0.3, 0.4) is 0 Å². The highest BCUT2D eigenvalue weighted by atomic mass is 19.4. The molecule has 1 amide bonds. The molecule has 0 radical (unpaired) electrons. The maximum absolute atomic E-state index is 13.5. The molecule has 0 spiro atoms. The Morgan fingerprint density at radius 3 is 2.27 bits per heavy atom. The second kappa shape index (κ2) is 11.0. The fraction of sp³-hybridized carbons (Fsp3) is 0.200. The van der Waals surface area contributed by atoms with Crippen LogP contribution in [0, 0.1) is 28.6 Å². The minimum Gasteiger partial charge on any atom is -0.321 e. The van der Waals surface area contributed by atoms with Crippen LogP contribution in [0.25, 0.3) is 5.69 Å². The van der Waals surface area contributed by atoms with Gasteiger partial charge in [-0.3, -0.25) is 4.79 Å². The molecule has 40 heavy (non-hydrogen) atoms. The molecule has 0 aliphatic heterocycles. The maximum atomic E-state index is 13.5. The average Bonchev–Trinajstić information content (AvgIpc) is 3.66. The van der Waals surface area contributed by atoms with Gasteiger partial charge in [0.15, 0.2) is 5.69 Å². The lowest BCUT2D eigenvalue weighted by Crippen LogP contribution is -2.25. The molecular formula is C30H23F3N6O. The zero-order valence-corrected chi connectivity index (χ0v) is 21.1. The van der Waals surface area contributed by atoms with Crippen molar-refractivity contribution in [2.24, 2.45) is 5.92 Å². The molecule has 200 valence electrons. The summed E-state index contributed by atoms with van der Waals surface area (Å²) < 4.78 is 41.5. The quantitative estimate of drug-likeness (QED) is 0.286. The predicted octanol–water partition coefficient (Wildman–Crippen LogP) is 5.98. The highest BCUT2D eigenvalue weighted by Gasteiger charge is 2.36. The molecule has 10 heteroatoms. The van der Waals surface area contributed by atoms with Crippen LogP contribution in [0.2, 0.25) is 0 Å². The van der Waals surface area contributed by atoms with Crippen LogP contribution in [0.15, 0.2) is 78.9 Å². The molecule has 3 aromatic carbocycles. The number of hydrogen-bond donors (Lipinski definition) is 2. The van der Waals surface area contributed by atoms with Gasteiger partial charge in [0.1, 0.15) is 5.69 Å². The summed E-state index contributed by atoms with van der Waals surface area (Å²) in [7, 11) is 0. The van der Waals surface area contributed by atoms with Gasteiger partial charge in [0.05, 0.1) is 35.0 Å². The summed E-state index contributed by atoms with van der Waals surface area (Å²) in [5.41, 5.74) is 1.40. The molecule has 1 aromatic heterocycles. The Labute approximate surface area is 228 Å². The lowest BCUT2D eigenvalue weighted by atomic mass is 9.96. The smallest absolute Gasteiger partial charge is 0.321 e. The molecule has 0 saturated heterocycles. The van der Waals surface area contributed by atoms with Crippen LogP contribution < -0.4 is 10.6 Å². The number of anilines is 1. The van der Waals surface area contributed by atoms with Gasteiger partial charge in [-0.25, -0.2) is 4.68 Å². The van der Waals surface area contributed by atoms with Crippen molar-refractivity contribution in [3.05, 3.63) is 113 Å². The maximum Gasteiger partial charge on any atom is 0.435 e. The fourth-order valence-corrected chi connectivity index (χ4v) is 4.40.